The Morgan fingerprint density at radius 2 is 1.93 bits per heavy atom. The number of hydrogen-bond acceptors (Lipinski definition) is 3. The molecule has 1 N–H and O–H groups in total. The van der Waals surface area contributed by atoms with Crippen LogP contribution in [0.4, 0.5) is 5.69 Å². The first kappa shape index (κ1) is 20.6. The van der Waals surface area contributed by atoms with Crippen molar-refractivity contribution in [3.8, 4) is 0 Å². The molecule has 0 amide bonds. The van der Waals surface area contributed by atoms with Crippen molar-refractivity contribution in [2.45, 2.75) is 25.7 Å². The van der Waals surface area contributed by atoms with E-state index in [9.17, 15) is 8.42 Å². The monoisotopic (exact) mass is 398 g/mol. The molecule has 0 radical (unpaired) electrons. The smallest absolute Gasteiger partial charge is 0.229 e. The third-order valence-electron chi connectivity index (χ3n) is 5.87. The molecule has 3 rings (SSSR count). The fourth-order valence-corrected chi connectivity index (χ4v) is 4.52. The molecule has 1 fully saturated rings. The highest BCUT2D eigenvalue weighted by molar-refractivity contribution is 7.92. The first-order chi connectivity index (χ1) is 13.3. The van der Waals surface area contributed by atoms with Gasteiger partial charge in [0.2, 0.25) is 10.0 Å². The molecule has 2 aromatic carbocycles. The molecule has 28 heavy (non-hydrogen) atoms. The van der Waals surface area contributed by atoms with Crippen molar-refractivity contribution in [1.82, 2.24) is 4.90 Å². The van der Waals surface area contributed by atoms with E-state index in [1.807, 2.05) is 24.3 Å². The van der Waals surface area contributed by atoms with Gasteiger partial charge in [0.25, 0.3) is 0 Å². The minimum absolute atomic E-state index is 0.0365. The number of sulfonamides is 1. The number of hydrogen-bond donors (Lipinski definition) is 1. The molecule has 0 spiro atoms. The lowest BCUT2D eigenvalue weighted by Gasteiger charge is -2.45. The Morgan fingerprint density at radius 1 is 1.18 bits per heavy atom. The van der Waals surface area contributed by atoms with Crippen LogP contribution >= 0.6 is 0 Å². The van der Waals surface area contributed by atoms with E-state index in [1.165, 1.54) is 17.4 Å². The van der Waals surface area contributed by atoms with Gasteiger partial charge >= 0.3 is 0 Å². The van der Waals surface area contributed by atoms with Gasteiger partial charge in [-0.15, -0.1) is 0 Å². The van der Waals surface area contributed by atoms with Gasteiger partial charge < -0.3 is 0 Å². The van der Waals surface area contributed by atoms with Crippen LogP contribution in [0, 0.1) is 5.92 Å². The van der Waals surface area contributed by atoms with Gasteiger partial charge in [0.15, 0.2) is 0 Å². The Labute approximate surface area is 169 Å². The number of likely N-dealkylation sites (tertiary alicyclic amines) is 1. The van der Waals surface area contributed by atoms with Gasteiger partial charge in [0, 0.05) is 18.8 Å². The topological polar surface area (TPSA) is 49.4 Å². The van der Waals surface area contributed by atoms with E-state index >= 15 is 0 Å². The summed E-state index contributed by atoms with van der Waals surface area (Å²) >= 11 is 0. The molecule has 0 aliphatic carbocycles. The lowest BCUT2D eigenvalue weighted by molar-refractivity contribution is 0.122. The molecule has 0 aromatic heterocycles. The minimum atomic E-state index is -3.27. The number of rotatable bonds is 6. The summed E-state index contributed by atoms with van der Waals surface area (Å²) in [4.78, 5) is 2.49. The van der Waals surface area contributed by atoms with Crippen molar-refractivity contribution in [2.75, 3.05) is 30.6 Å². The molecule has 2 atom stereocenters. The van der Waals surface area contributed by atoms with Crippen LogP contribution < -0.4 is 4.72 Å². The normalized spacial score (nSPS) is 23.8. The van der Waals surface area contributed by atoms with Crippen molar-refractivity contribution < 1.29 is 8.42 Å². The second-order valence-corrected chi connectivity index (χ2v) is 9.84. The lowest BCUT2D eigenvalue weighted by atomic mass is 9.68. The summed E-state index contributed by atoms with van der Waals surface area (Å²) in [5.74, 6) is 0.472. The van der Waals surface area contributed by atoms with Crippen LogP contribution in [0.5, 0.6) is 0 Å². The van der Waals surface area contributed by atoms with Crippen molar-refractivity contribution in [2.24, 2.45) is 5.92 Å². The van der Waals surface area contributed by atoms with E-state index in [-0.39, 0.29) is 5.41 Å². The Balaban J connectivity index is 1.65. The third kappa shape index (κ3) is 5.24. The van der Waals surface area contributed by atoms with Gasteiger partial charge in [-0.25, -0.2) is 8.42 Å². The number of nitrogens with zero attached hydrogens (tertiary/aromatic N) is 1. The molecule has 1 aliphatic heterocycles. The van der Waals surface area contributed by atoms with Gasteiger partial charge in [-0.05, 0) is 47.6 Å². The van der Waals surface area contributed by atoms with Crippen LogP contribution in [0.1, 0.15) is 31.4 Å². The zero-order valence-electron chi connectivity index (χ0n) is 16.9. The maximum atomic E-state index is 11.6. The van der Waals surface area contributed by atoms with Gasteiger partial charge in [-0.3, -0.25) is 9.62 Å². The van der Waals surface area contributed by atoms with Crippen molar-refractivity contribution in [3.05, 3.63) is 71.8 Å². The molecule has 1 saturated heterocycles. The summed E-state index contributed by atoms with van der Waals surface area (Å²) < 4.78 is 25.7. The van der Waals surface area contributed by atoms with Crippen molar-refractivity contribution in [3.63, 3.8) is 0 Å². The van der Waals surface area contributed by atoms with Crippen LogP contribution in [0.25, 0.3) is 6.08 Å². The SMILES string of the molecule is C[C@H]1CN(CC=Cc2ccccc2)CC[C@]1(C)c1cccc(NS(C)(=O)=O)c1. The molecule has 0 unspecified atom stereocenters. The van der Waals surface area contributed by atoms with Gasteiger partial charge in [0.05, 0.1) is 6.26 Å². The van der Waals surface area contributed by atoms with E-state index in [0.29, 0.717) is 11.6 Å². The summed E-state index contributed by atoms with van der Waals surface area (Å²) in [7, 11) is -3.27. The van der Waals surface area contributed by atoms with E-state index in [0.717, 1.165) is 26.1 Å². The summed E-state index contributed by atoms with van der Waals surface area (Å²) in [5.41, 5.74) is 3.11. The molecule has 0 saturated carbocycles. The van der Waals surface area contributed by atoms with Gasteiger partial charge in [0.1, 0.15) is 0 Å². The van der Waals surface area contributed by atoms with E-state index < -0.39 is 10.0 Å². The Hall–Kier alpha value is -2.11. The summed E-state index contributed by atoms with van der Waals surface area (Å²) in [6.07, 6.45) is 6.65. The van der Waals surface area contributed by atoms with Crippen LogP contribution in [0.3, 0.4) is 0 Å². The van der Waals surface area contributed by atoms with Crippen LogP contribution in [-0.2, 0) is 15.4 Å². The van der Waals surface area contributed by atoms with Gasteiger partial charge in [-0.2, -0.15) is 0 Å². The minimum Gasteiger partial charge on any atom is -0.299 e. The number of benzene rings is 2. The summed E-state index contributed by atoms with van der Waals surface area (Å²) in [6.45, 7) is 7.60. The lowest BCUT2D eigenvalue weighted by Crippen LogP contribution is -2.47. The second kappa shape index (κ2) is 8.50. The van der Waals surface area contributed by atoms with Crippen LogP contribution in [0.15, 0.2) is 60.7 Å². The highest BCUT2D eigenvalue weighted by Crippen LogP contribution is 2.40. The van der Waals surface area contributed by atoms with Crippen LogP contribution in [-0.4, -0.2) is 39.2 Å². The number of anilines is 1. The highest BCUT2D eigenvalue weighted by atomic mass is 32.2. The van der Waals surface area contributed by atoms with Crippen molar-refractivity contribution in [1.29, 1.82) is 0 Å². The fourth-order valence-electron chi connectivity index (χ4n) is 3.97. The molecule has 1 aliphatic rings. The van der Waals surface area contributed by atoms with E-state index in [4.69, 9.17) is 0 Å². The molecule has 5 heteroatoms. The average molecular weight is 399 g/mol. The molecule has 1 heterocycles. The predicted molar refractivity (Wildman–Crippen MR) is 118 cm³/mol. The second-order valence-electron chi connectivity index (χ2n) is 8.10. The first-order valence-electron chi connectivity index (χ1n) is 9.78. The maximum absolute atomic E-state index is 11.6. The molecular formula is C23H30N2O2S. The van der Waals surface area contributed by atoms with Crippen molar-refractivity contribution >= 4 is 21.8 Å². The Kier molecular flexibility index (Phi) is 6.26. The summed E-state index contributed by atoms with van der Waals surface area (Å²) in [5, 5.41) is 0. The highest BCUT2D eigenvalue weighted by Gasteiger charge is 2.37. The zero-order valence-corrected chi connectivity index (χ0v) is 17.7. The summed E-state index contributed by atoms with van der Waals surface area (Å²) in [6, 6.07) is 18.2. The first-order valence-corrected chi connectivity index (χ1v) is 11.7. The van der Waals surface area contributed by atoms with E-state index in [1.54, 1.807) is 0 Å². The largest absolute Gasteiger partial charge is 0.299 e. The fraction of sp³-hybridized carbons (Fsp3) is 0.391. The average Bonchev–Trinajstić information content (AvgIpc) is 2.64. The predicted octanol–water partition coefficient (Wildman–Crippen LogP) is 4.37. The molecule has 4 nitrogen and oxygen atoms in total. The standard InChI is InChI=1S/C23H30N2O2S/c1-19-18-25(15-8-11-20-9-5-4-6-10-20)16-14-23(19,2)21-12-7-13-22(17-21)24-28(3,26)27/h4-13,17,19,24H,14-16,18H2,1-3H3/t19-,23-/m0/s1. The quantitative estimate of drug-likeness (QED) is 0.786. The third-order valence-corrected chi connectivity index (χ3v) is 6.47. The molecule has 2 aromatic rings. The Morgan fingerprint density at radius 3 is 2.61 bits per heavy atom. The maximum Gasteiger partial charge on any atom is 0.229 e. The number of nitrogens with one attached hydrogen (secondary N) is 1. The number of piperidine rings is 1. The van der Waals surface area contributed by atoms with E-state index in [2.05, 4.69) is 66.0 Å². The van der Waals surface area contributed by atoms with Crippen LogP contribution in [0.2, 0.25) is 0 Å². The molecule has 0 bridgehead atoms. The molecular weight excluding hydrogens is 368 g/mol. The van der Waals surface area contributed by atoms with Gasteiger partial charge in [-0.1, -0.05) is 68.5 Å². The molecule has 150 valence electrons. The zero-order chi connectivity index (χ0) is 20.2. The Bertz CT molecular complexity index is 925.